The summed E-state index contributed by atoms with van der Waals surface area (Å²) < 4.78 is 22.7. The summed E-state index contributed by atoms with van der Waals surface area (Å²) in [5.74, 6) is -0.174. The summed E-state index contributed by atoms with van der Waals surface area (Å²) >= 11 is 0. The van der Waals surface area contributed by atoms with Crippen molar-refractivity contribution in [1.29, 1.82) is 0 Å². The number of hydrogen-bond acceptors (Lipinski definition) is 6. The van der Waals surface area contributed by atoms with Crippen LogP contribution in [0.4, 0.5) is 0 Å². The maximum absolute atomic E-state index is 11.6. The number of carbonyl (C=O) groups is 1. The molecule has 1 N–H and O–H groups in total. The first kappa shape index (κ1) is 22.5. The van der Waals surface area contributed by atoms with Crippen LogP contribution in [0.15, 0.2) is 0 Å². The highest BCUT2D eigenvalue weighted by molar-refractivity contribution is 6.60. The highest BCUT2D eigenvalue weighted by Crippen LogP contribution is 2.17. The zero-order valence-corrected chi connectivity index (χ0v) is 16.7. The van der Waals surface area contributed by atoms with Crippen molar-refractivity contribution in [2.45, 2.75) is 66.0 Å². The zero-order valence-electron chi connectivity index (χ0n) is 15.7. The normalized spacial score (nSPS) is 12.4. The van der Waals surface area contributed by atoms with Crippen molar-refractivity contribution in [3.05, 3.63) is 0 Å². The molecule has 0 atom stereocenters. The van der Waals surface area contributed by atoms with Crippen molar-refractivity contribution >= 4 is 14.8 Å². The molecule has 0 unspecified atom stereocenters. The van der Waals surface area contributed by atoms with Gasteiger partial charge in [-0.15, -0.1) is 0 Å². The second-order valence-electron chi connectivity index (χ2n) is 6.17. The molecule has 138 valence electrons. The van der Waals surface area contributed by atoms with Crippen molar-refractivity contribution in [3.8, 4) is 0 Å². The van der Waals surface area contributed by atoms with E-state index in [0.717, 1.165) is 19.0 Å². The largest absolute Gasteiger partial charge is 0.500 e. The molecule has 7 heteroatoms. The van der Waals surface area contributed by atoms with Gasteiger partial charge in [-0.2, -0.15) is 0 Å². The van der Waals surface area contributed by atoms with Crippen molar-refractivity contribution in [2.24, 2.45) is 0 Å². The van der Waals surface area contributed by atoms with E-state index < -0.39 is 14.4 Å². The molecule has 0 saturated heterocycles. The number of esters is 1. The van der Waals surface area contributed by atoms with E-state index in [1.165, 1.54) is 0 Å². The molecule has 0 bridgehead atoms. The minimum atomic E-state index is -2.54. The average Bonchev–Trinajstić information content (AvgIpc) is 2.41. The minimum absolute atomic E-state index is 0.174. The SMILES string of the molecule is CCO[Si](CCCNCCC(=O)OC(C)(C)C)(OCC)OCC. The van der Waals surface area contributed by atoms with Crippen molar-refractivity contribution in [2.75, 3.05) is 32.9 Å². The van der Waals surface area contributed by atoms with Gasteiger partial charge in [0.05, 0.1) is 6.42 Å². The van der Waals surface area contributed by atoms with E-state index in [9.17, 15) is 4.79 Å². The monoisotopic (exact) mass is 349 g/mol. The summed E-state index contributed by atoms with van der Waals surface area (Å²) in [5, 5.41) is 3.26. The van der Waals surface area contributed by atoms with Gasteiger partial charge in [-0.05, 0) is 54.5 Å². The standard InChI is InChI=1S/C16H35NO5Si/c1-7-19-23(20-8-2,21-9-3)14-10-12-17-13-11-15(18)22-16(4,5)6/h17H,7-14H2,1-6H3. The first-order valence-electron chi connectivity index (χ1n) is 8.63. The average molecular weight is 350 g/mol. The lowest BCUT2D eigenvalue weighted by atomic mass is 10.2. The van der Waals surface area contributed by atoms with Crippen LogP contribution in [-0.4, -0.2) is 53.3 Å². The Balaban J connectivity index is 3.99. The molecule has 0 spiro atoms. The number of rotatable bonds is 13. The van der Waals surface area contributed by atoms with Gasteiger partial charge in [0.15, 0.2) is 0 Å². The summed E-state index contributed by atoms with van der Waals surface area (Å²) in [7, 11) is -2.54. The van der Waals surface area contributed by atoms with E-state index in [2.05, 4.69) is 5.32 Å². The first-order chi connectivity index (χ1) is 10.8. The summed E-state index contributed by atoms with van der Waals surface area (Å²) in [6.07, 6.45) is 1.27. The van der Waals surface area contributed by atoms with Gasteiger partial charge in [0, 0.05) is 32.4 Å². The molecule has 0 aromatic heterocycles. The van der Waals surface area contributed by atoms with E-state index in [1.54, 1.807) is 0 Å². The molecule has 0 heterocycles. The summed E-state index contributed by atoms with van der Waals surface area (Å²) in [5.41, 5.74) is -0.422. The van der Waals surface area contributed by atoms with Gasteiger partial charge in [0.1, 0.15) is 5.60 Å². The Morgan fingerprint density at radius 3 is 1.91 bits per heavy atom. The Morgan fingerprint density at radius 1 is 0.957 bits per heavy atom. The topological polar surface area (TPSA) is 66.0 Å². The fourth-order valence-electron chi connectivity index (χ4n) is 2.14. The molecule has 0 aliphatic rings. The van der Waals surface area contributed by atoms with Crippen molar-refractivity contribution in [3.63, 3.8) is 0 Å². The molecule has 0 rings (SSSR count). The fourth-order valence-corrected chi connectivity index (χ4v) is 4.75. The highest BCUT2D eigenvalue weighted by Gasteiger charge is 2.39. The molecule has 0 aliphatic heterocycles. The van der Waals surface area contributed by atoms with E-state index >= 15 is 0 Å². The van der Waals surface area contributed by atoms with Crippen molar-refractivity contribution < 1.29 is 22.8 Å². The molecule has 0 amide bonds. The Kier molecular flexibility index (Phi) is 11.7. The predicted octanol–water partition coefficient (Wildman–Crippen LogP) is 2.75. The Morgan fingerprint density at radius 2 is 1.48 bits per heavy atom. The van der Waals surface area contributed by atoms with E-state index in [4.69, 9.17) is 18.0 Å². The van der Waals surface area contributed by atoms with Crippen LogP contribution in [0.2, 0.25) is 6.04 Å². The molecule has 0 aliphatic carbocycles. The lowest BCUT2D eigenvalue weighted by molar-refractivity contribution is -0.154. The smallest absolute Gasteiger partial charge is 0.460 e. The third-order valence-corrected chi connectivity index (χ3v) is 6.01. The van der Waals surface area contributed by atoms with E-state index in [-0.39, 0.29) is 5.97 Å². The van der Waals surface area contributed by atoms with E-state index in [1.807, 2.05) is 41.5 Å². The van der Waals surface area contributed by atoms with E-state index in [0.29, 0.717) is 32.8 Å². The molecular weight excluding hydrogens is 314 g/mol. The lowest BCUT2D eigenvalue weighted by Crippen LogP contribution is -2.46. The second kappa shape index (κ2) is 12.0. The van der Waals surface area contributed by atoms with Crippen LogP contribution in [0.5, 0.6) is 0 Å². The lowest BCUT2D eigenvalue weighted by Gasteiger charge is -2.28. The fraction of sp³-hybridized carbons (Fsp3) is 0.938. The molecule has 0 radical (unpaired) electrons. The van der Waals surface area contributed by atoms with Gasteiger partial charge >= 0.3 is 14.8 Å². The predicted molar refractivity (Wildman–Crippen MR) is 93.4 cm³/mol. The molecule has 0 aromatic carbocycles. The van der Waals surface area contributed by atoms with Gasteiger partial charge in [-0.3, -0.25) is 4.79 Å². The highest BCUT2D eigenvalue weighted by atomic mass is 28.4. The van der Waals surface area contributed by atoms with Gasteiger partial charge in [0.2, 0.25) is 0 Å². The molecule has 6 nitrogen and oxygen atoms in total. The Hall–Kier alpha value is -0.473. The Bertz CT molecular complexity index is 303. The third kappa shape index (κ3) is 11.7. The van der Waals surface area contributed by atoms with Gasteiger partial charge in [-0.1, -0.05) is 0 Å². The maximum atomic E-state index is 11.6. The summed E-state index contributed by atoms with van der Waals surface area (Å²) in [6.45, 7) is 14.7. The first-order valence-corrected chi connectivity index (χ1v) is 10.6. The van der Waals surface area contributed by atoms with Gasteiger partial charge < -0.3 is 23.3 Å². The quantitative estimate of drug-likeness (QED) is 0.313. The van der Waals surface area contributed by atoms with Crippen LogP contribution in [0.25, 0.3) is 0 Å². The van der Waals surface area contributed by atoms with Crippen LogP contribution in [0.1, 0.15) is 54.4 Å². The van der Waals surface area contributed by atoms with Crippen LogP contribution in [-0.2, 0) is 22.8 Å². The maximum Gasteiger partial charge on any atom is 0.500 e. The molecule has 0 fully saturated rings. The number of nitrogens with one attached hydrogen (secondary N) is 1. The van der Waals surface area contributed by atoms with Crippen LogP contribution < -0.4 is 5.32 Å². The van der Waals surface area contributed by atoms with Gasteiger partial charge in [0.25, 0.3) is 0 Å². The van der Waals surface area contributed by atoms with Crippen LogP contribution >= 0.6 is 0 Å². The molecule has 23 heavy (non-hydrogen) atoms. The molecular formula is C16H35NO5Si. The molecule has 0 aromatic rings. The van der Waals surface area contributed by atoms with Crippen LogP contribution in [0.3, 0.4) is 0 Å². The molecule has 0 saturated carbocycles. The summed E-state index contributed by atoms with van der Waals surface area (Å²) in [4.78, 5) is 11.6. The Labute approximate surface area is 142 Å². The number of hydrogen-bond donors (Lipinski definition) is 1. The number of carbonyl (C=O) groups excluding carboxylic acids is 1. The van der Waals surface area contributed by atoms with Crippen molar-refractivity contribution in [1.82, 2.24) is 5.32 Å². The van der Waals surface area contributed by atoms with Gasteiger partial charge in [-0.25, -0.2) is 0 Å². The third-order valence-electron chi connectivity index (χ3n) is 2.86. The second-order valence-corrected chi connectivity index (χ2v) is 8.90. The summed E-state index contributed by atoms with van der Waals surface area (Å²) in [6, 6.07) is 0.780. The van der Waals surface area contributed by atoms with Crippen LogP contribution in [0, 0.1) is 0 Å². The minimum Gasteiger partial charge on any atom is -0.460 e. The zero-order chi connectivity index (χ0) is 17.8. The number of ether oxygens (including phenoxy) is 1.